The number of benzene rings is 1. The molecule has 5 heteroatoms. The Balaban J connectivity index is 2.64. The lowest BCUT2D eigenvalue weighted by Crippen LogP contribution is -2.19. The predicted octanol–water partition coefficient (Wildman–Crippen LogP) is 5.22. The predicted molar refractivity (Wildman–Crippen MR) is 75.1 cm³/mol. The standard InChI is InChI=1S/C16H21F3O2/c1-3-4-5-6-9-12(2)21-15(20)13-10-7-8-11-14(13)16(17,18)19/h7-8,10-12H,3-6,9H2,1-2H3. The molecule has 1 aromatic rings. The Morgan fingerprint density at radius 3 is 2.48 bits per heavy atom. The minimum atomic E-state index is -4.56. The summed E-state index contributed by atoms with van der Waals surface area (Å²) >= 11 is 0. The molecule has 0 aliphatic heterocycles. The van der Waals surface area contributed by atoms with Crippen molar-refractivity contribution < 1.29 is 22.7 Å². The average molecular weight is 302 g/mol. The van der Waals surface area contributed by atoms with Crippen LogP contribution in [-0.4, -0.2) is 12.1 Å². The lowest BCUT2D eigenvalue weighted by Gasteiger charge is -2.16. The van der Waals surface area contributed by atoms with Gasteiger partial charge in [0.15, 0.2) is 0 Å². The molecule has 0 fully saturated rings. The number of hydrogen-bond donors (Lipinski definition) is 0. The molecule has 1 atom stereocenters. The van der Waals surface area contributed by atoms with Crippen LogP contribution in [0.4, 0.5) is 13.2 Å². The fraction of sp³-hybridized carbons (Fsp3) is 0.562. The number of halogens is 3. The largest absolute Gasteiger partial charge is 0.459 e. The van der Waals surface area contributed by atoms with E-state index in [4.69, 9.17) is 4.74 Å². The molecule has 2 nitrogen and oxygen atoms in total. The molecule has 0 aliphatic carbocycles. The summed E-state index contributed by atoms with van der Waals surface area (Å²) in [6.07, 6.45) is -0.110. The van der Waals surface area contributed by atoms with Gasteiger partial charge in [-0.15, -0.1) is 0 Å². The molecule has 0 N–H and O–H groups in total. The van der Waals surface area contributed by atoms with E-state index in [1.54, 1.807) is 6.92 Å². The van der Waals surface area contributed by atoms with E-state index >= 15 is 0 Å². The summed E-state index contributed by atoms with van der Waals surface area (Å²) in [4.78, 5) is 11.9. The van der Waals surface area contributed by atoms with Crippen molar-refractivity contribution in [3.63, 3.8) is 0 Å². The molecule has 1 rings (SSSR count). The number of hydrogen-bond acceptors (Lipinski definition) is 2. The van der Waals surface area contributed by atoms with Gasteiger partial charge in [-0.1, -0.05) is 38.3 Å². The molecular formula is C16H21F3O2. The van der Waals surface area contributed by atoms with E-state index in [1.807, 2.05) is 0 Å². The number of unbranched alkanes of at least 4 members (excludes halogenated alkanes) is 3. The zero-order valence-corrected chi connectivity index (χ0v) is 12.4. The number of esters is 1. The van der Waals surface area contributed by atoms with Gasteiger partial charge in [-0.25, -0.2) is 4.79 Å². The van der Waals surface area contributed by atoms with Crippen LogP contribution in [0.25, 0.3) is 0 Å². The van der Waals surface area contributed by atoms with Crippen LogP contribution in [-0.2, 0) is 10.9 Å². The first-order chi connectivity index (χ1) is 9.86. The molecule has 0 bridgehead atoms. The molecule has 0 saturated heterocycles. The van der Waals surface area contributed by atoms with Crippen LogP contribution in [0.15, 0.2) is 24.3 Å². The van der Waals surface area contributed by atoms with Crippen LogP contribution in [0.2, 0.25) is 0 Å². The summed E-state index contributed by atoms with van der Waals surface area (Å²) in [6.45, 7) is 3.80. The highest BCUT2D eigenvalue weighted by Gasteiger charge is 2.35. The molecule has 0 heterocycles. The van der Waals surface area contributed by atoms with Gasteiger partial charge in [0.2, 0.25) is 0 Å². The van der Waals surface area contributed by atoms with Crippen molar-refractivity contribution in [3.8, 4) is 0 Å². The maximum Gasteiger partial charge on any atom is 0.417 e. The molecule has 0 saturated carbocycles. The first-order valence-corrected chi connectivity index (χ1v) is 7.23. The van der Waals surface area contributed by atoms with E-state index < -0.39 is 23.3 Å². The Labute approximate surface area is 123 Å². The van der Waals surface area contributed by atoms with Gasteiger partial charge in [0.1, 0.15) is 0 Å². The first kappa shape index (κ1) is 17.5. The molecule has 21 heavy (non-hydrogen) atoms. The summed E-state index contributed by atoms with van der Waals surface area (Å²) in [5, 5.41) is 0. The van der Waals surface area contributed by atoms with Crippen LogP contribution in [0.5, 0.6) is 0 Å². The van der Waals surface area contributed by atoms with Crippen LogP contribution in [0.3, 0.4) is 0 Å². The maximum absolute atomic E-state index is 12.8. The minimum Gasteiger partial charge on any atom is -0.459 e. The Morgan fingerprint density at radius 2 is 1.86 bits per heavy atom. The van der Waals surface area contributed by atoms with E-state index in [1.165, 1.54) is 12.1 Å². The van der Waals surface area contributed by atoms with Gasteiger partial charge in [-0.3, -0.25) is 0 Å². The highest BCUT2D eigenvalue weighted by Crippen LogP contribution is 2.32. The first-order valence-electron chi connectivity index (χ1n) is 7.23. The van der Waals surface area contributed by atoms with Gasteiger partial charge in [0, 0.05) is 0 Å². The topological polar surface area (TPSA) is 26.3 Å². The third kappa shape index (κ3) is 5.78. The Morgan fingerprint density at radius 1 is 1.19 bits per heavy atom. The SMILES string of the molecule is CCCCCCC(C)OC(=O)c1ccccc1C(F)(F)F. The van der Waals surface area contributed by atoms with Gasteiger partial charge in [-0.05, 0) is 31.9 Å². The molecule has 118 valence electrons. The second-order valence-corrected chi connectivity index (χ2v) is 5.11. The lowest BCUT2D eigenvalue weighted by atomic mass is 10.1. The summed E-state index contributed by atoms with van der Waals surface area (Å²) in [5.41, 5.74) is -1.38. The summed E-state index contributed by atoms with van der Waals surface area (Å²) in [6, 6.07) is 4.70. The van der Waals surface area contributed by atoms with Crippen LogP contribution < -0.4 is 0 Å². The second kappa shape index (κ2) is 8.05. The van der Waals surface area contributed by atoms with E-state index in [-0.39, 0.29) is 6.10 Å². The van der Waals surface area contributed by atoms with Crippen molar-refractivity contribution >= 4 is 5.97 Å². The smallest absolute Gasteiger partial charge is 0.417 e. The fourth-order valence-electron chi connectivity index (χ4n) is 2.07. The normalized spacial score (nSPS) is 13.0. The number of carbonyl (C=O) groups is 1. The molecule has 1 unspecified atom stereocenters. The zero-order valence-electron chi connectivity index (χ0n) is 12.4. The van der Waals surface area contributed by atoms with Crippen molar-refractivity contribution in [1.82, 2.24) is 0 Å². The number of alkyl halides is 3. The van der Waals surface area contributed by atoms with E-state index in [0.717, 1.165) is 37.8 Å². The summed E-state index contributed by atoms with van der Waals surface area (Å²) in [5.74, 6) is -0.911. The molecule has 0 spiro atoms. The van der Waals surface area contributed by atoms with Gasteiger partial charge in [0.25, 0.3) is 0 Å². The van der Waals surface area contributed by atoms with Crippen molar-refractivity contribution in [3.05, 3.63) is 35.4 Å². The van der Waals surface area contributed by atoms with Crippen molar-refractivity contribution in [2.45, 2.75) is 58.2 Å². The number of ether oxygens (including phenoxy) is 1. The summed E-state index contributed by atoms with van der Waals surface area (Å²) in [7, 11) is 0. The lowest BCUT2D eigenvalue weighted by molar-refractivity contribution is -0.138. The Bertz CT molecular complexity index is 455. The molecule has 0 aliphatic rings. The third-order valence-corrected chi connectivity index (χ3v) is 3.22. The van der Waals surface area contributed by atoms with Gasteiger partial charge >= 0.3 is 12.1 Å². The quantitative estimate of drug-likeness (QED) is 0.510. The third-order valence-electron chi connectivity index (χ3n) is 3.22. The van der Waals surface area contributed by atoms with E-state index in [0.29, 0.717) is 6.42 Å². The summed E-state index contributed by atoms with van der Waals surface area (Å²) < 4.78 is 43.6. The van der Waals surface area contributed by atoms with Gasteiger partial charge < -0.3 is 4.74 Å². The Hall–Kier alpha value is -1.52. The zero-order chi connectivity index (χ0) is 15.9. The van der Waals surface area contributed by atoms with Crippen molar-refractivity contribution in [2.75, 3.05) is 0 Å². The highest BCUT2D eigenvalue weighted by atomic mass is 19.4. The van der Waals surface area contributed by atoms with Gasteiger partial charge in [-0.2, -0.15) is 13.2 Å². The monoisotopic (exact) mass is 302 g/mol. The maximum atomic E-state index is 12.8. The van der Waals surface area contributed by atoms with Gasteiger partial charge in [0.05, 0.1) is 17.2 Å². The Kier molecular flexibility index (Phi) is 6.72. The van der Waals surface area contributed by atoms with E-state index in [2.05, 4.69) is 6.92 Å². The fourth-order valence-corrected chi connectivity index (χ4v) is 2.07. The van der Waals surface area contributed by atoms with Crippen LogP contribution >= 0.6 is 0 Å². The molecule has 1 aromatic carbocycles. The highest BCUT2D eigenvalue weighted by molar-refractivity contribution is 5.91. The van der Waals surface area contributed by atoms with Crippen molar-refractivity contribution in [1.29, 1.82) is 0 Å². The van der Waals surface area contributed by atoms with E-state index in [9.17, 15) is 18.0 Å². The second-order valence-electron chi connectivity index (χ2n) is 5.11. The molecule has 0 aromatic heterocycles. The molecule has 0 amide bonds. The van der Waals surface area contributed by atoms with Crippen molar-refractivity contribution in [2.24, 2.45) is 0 Å². The van der Waals surface area contributed by atoms with Crippen LogP contribution in [0, 0.1) is 0 Å². The molecule has 0 radical (unpaired) electrons. The average Bonchev–Trinajstić information content (AvgIpc) is 2.42. The van der Waals surface area contributed by atoms with Crippen LogP contribution in [0.1, 0.15) is 61.9 Å². The number of rotatable bonds is 7. The number of carbonyl (C=O) groups excluding carboxylic acids is 1. The minimum absolute atomic E-state index is 0.379. The molecular weight excluding hydrogens is 281 g/mol.